The van der Waals surface area contributed by atoms with Gasteiger partial charge in [0.25, 0.3) is 0 Å². The maximum absolute atomic E-state index is 14.9. The van der Waals surface area contributed by atoms with Gasteiger partial charge in [0.1, 0.15) is 24.0 Å². The lowest BCUT2D eigenvalue weighted by Crippen LogP contribution is -2.69. The quantitative estimate of drug-likeness (QED) is 0.187. The first-order valence-electron chi connectivity index (χ1n) is 20.6. The van der Waals surface area contributed by atoms with Crippen LogP contribution in [0.5, 0.6) is 40.2 Å². The van der Waals surface area contributed by atoms with Crippen LogP contribution in [-0.4, -0.2) is 104 Å². The molecular formula is C45H50N4O12S. The van der Waals surface area contributed by atoms with E-state index in [1.165, 1.54) is 32.9 Å². The van der Waals surface area contributed by atoms with Crippen LogP contribution < -0.4 is 33.7 Å². The molecule has 328 valence electrons. The lowest BCUT2D eigenvalue weighted by Gasteiger charge is -2.62. The van der Waals surface area contributed by atoms with Gasteiger partial charge in [-0.1, -0.05) is 6.07 Å². The van der Waals surface area contributed by atoms with Crippen molar-refractivity contribution in [3.8, 4) is 46.3 Å². The van der Waals surface area contributed by atoms with E-state index in [-0.39, 0.29) is 42.4 Å². The number of phenolic OH excluding ortho intramolecular Hbond substituents is 1. The second kappa shape index (κ2) is 15.1. The Labute approximate surface area is 363 Å². The number of likely N-dealkylation sites (N-methyl/N-ethyl adjacent to an activating group) is 1. The van der Waals surface area contributed by atoms with Gasteiger partial charge in [-0.15, -0.1) is 11.8 Å². The van der Waals surface area contributed by atoms with Crippen LogP contribution in [-0.2, 0) is 37.4 Å². The number of carbonyl (C=O) groups excluding carboxylic acids is 3. The Bertz CT molecular complexity index is 2460. The lowest BCUT2D eigenvalue weighted by molar-refractivity contribution is -0.157. The molecule has 7 aliphatic rings. The number of esters is 2. The first-order valence-corrected chi connectivity index (χ1v) is 21.7. The number of aromatic hydroxyl groups is 1. The van der Waals surface area contributed by atoms with Gasteiger partial charge in [-0.25, -0.2) is 9.59 Å². The Hall–Kier alpha value is -5.41. The van der Waals surface area contributed by atoms with Crippen LogP contribution in [0.15, 0.2) is 18.2 Å². The predicted molar refractivity (Wildman–Crippen MR) is 223 cm³/mol. The van der Waals surface area contributed by atoms with Crippen LogP contribution in [0, 0.1) is 25.2 Å². The Kier molecular flexibility index (Phi) is 10.2. The number of aryl methyl sites for hydroxylation is 1. The molecule has 2 saturated heterocycles. The number of nitrogens with one attached hydrogen (secondary N) is 1. The Morgan fingerprint density at radius 2 is 1.76 bits per heavy atom. The molecule has 0 saturated carbocycles. The van der Waals surface area contributed by atoms with Gasteiger partial charge in [0, 0.05) is 53.6 Å². The van der Waals surface area contributed by atoms with E-state index in [1.807, 2.05) is 27.0 Å². The topological polar surface area (TPSA) is 188 Å². The average Bonchev–Trinajstić information content (AvgIpc) is 3.70. The van der Waals surface area contributed by atoms with Crippen LogP contribution in [0.1, 0.15) is 89.5 Å². The maximum Gasteiger partial charge on any atom is 0.514 e. The Balaban J connectivity index is 1.33. The monoisotopic (exact) mass is 870 g/mol. The zero-order valence-electron chi connectivity index (χ0n) is 36.1. The van der Waals surface area contributed by atoms with Crippen LogP contribution in [0.3, 0.4) is 0 Å². The molecule has 0 aromatic heterocycles. The van der Waals surface area contributed by atoms with E-state index in [9.17, 15) is 24.8 Å². The number of carbonyl (C=O) groups is 3. The highest BCUT2D eigenvalue weighted by Gasteiger charge is 2.62. The van der Waals surface area contributed by atoms with Gasteiger partial charge in [-0.05, 0) is 88.9 Å². The van der Waals surface area contributed by atoms with Crippen molar-refractivity contribution in [1.82, 2.24) is 15.1 Å². The smallest absolute Gasteiger partial charge is 0.504 e. The number of hydrogen-bond donors (Lipinski definition) is 2. The van der Waals surface area contributed by atoms with Gasteiger partial charge in [0.15, 0.2) is 40.0 Å². The molecule has 4 bridgehead atoms. The number of phenols is 1. The average molecular weight is 871 g/mol. The highest BCUT2D eigenvalue weighted by Crippen LogP contribution is 2.65. The van der Waals surface area contributed by atoms with Gasteiger partial charge in [-0.3, -0.25) is 19.9 Å². The van der Waals surface area contributed by atoms with E-state index in [0.717, 1.165) is 16.7 Å². The molecule has 62 heavy (non-hydrogen) atoms. The largest absolute Gasteiger partial charge is 0.514 e. The van der Waals surface area contributed by atoms with Gasteiger partial charge in [-0.2, -0.15) is 5.26 Å². The Morgan fingerprint density at radius 3 is 2.45 bits per heavy atom. The molecule has 16 nitrogen and oxygen atoms in total. The molecule has 0 aliphatic carbocycles. The second-order valence-electron chi connectivity index (χ2n) is 17.6. The summed E-state index contributed by atoms with van der Waals surface area (Å²) in [4.78, 5) is 46.0. The summed E-state index contributed by atoms with van der Waals surface area (Å²) >= 11 is 1.45. The van der Waals surface area contributed by atoms with Gasteiger partial charge >= 0.3 is 18.1 Å². The number of methoxy groups -OCH3 is 2. The number of hydrogen-bond acceptors (Lipinski definition) is 17. The van der Waals surface area contributed by atoms with Gasteiger partial charge in [0.2, 0.25) is 6.79 Å². The molecule has 3 aromatic rings. The van der Waals surface area contributed by atoms with Gasteiger partial charge in [0.05, 0.1) is 37.6 Å². The van der Waals surface area contributed by atoms with Crippen molar-refractivity contribution in [2.45, 2.75) is 101 Å². The first kappa shape index (κ1) is 41.9. The van der Waals surface area contributed by atoms with Crippen LogP contribution in [0.2, 0.25) is 0 Å². The highest BCUT2D eigenvalue weighted by atomic mass is 32.2. The molecule has 1 unspecified atom stereocenters. The summed E-state index contributed by atoms with van der Waals surface area (Å²) < 4.78 is 48.5. The molecule has 3 aromatic carbocycles. The summed E-state index contributed by atoms with van der Waals surface area (Å²) in [5.41, 5.74) is 3.23. The summed E-state index contributed by atoms with van der Waals surface area (Å²) in [5.74, 6) is 0.885. The van der Waals surface area contributed by atoms with Crippen molar-refractivity contribution in [3.63, 3.8) is 0 Å². The number of rotatable bonds is 4. The van der Waals surface area contributed by atoms with Crippen LogP contribution >= 0.6 is 11.8 Å². The van der Waals surface area contributed by atoms with Crippen LogP contribution in [0.25, 0.3) is 0 Å². The number of benzene rings is 3. The molecule has 17 heteroatoms. The fourth-order valence-corrected chi connectivity index (χ4v) is 12.3. The fraction of sp³-hybridized carbons (Fsp3) is 0.511. The molecule has 0 amide bonds. The Morgan fingerprint density at radius 1 is 1.00 bits per heavy atom. The number of nitriles is 1. The van der Waals surface area contributed by atoms with Crippen molar-refractivity contribution in [3.05, 3.63) is 62.7 Å². The SMILES string of the molecule is COc1cc2c(cc1O)CCN[C@]21CS[C@@H]2c3c(OC(C)=O)c(C)c4c(c3[C@H](COC1=O)N1C2[C@H]2c3c(cc(C)c(OC)c3OC(=O)OC(C)(C)C)C[C@@H]([C@@H]1C#N)N2C)OCO4. The van der Waals surface area contributed by atoms with Crippen molar-refractivity contribution < 1.29 is 57.4 Å². The number of piperazine rings is 1. The number of nitrogens with zero attached hydrogens (tertiary/aromatic N) is 3. The first-order chi connectivity index (χ1) is 29.5. The van der Waals surface area contributed by atoms with Crippen molar-refractivity contribution in [2.75, 3.05) is 47.0 Å². The van der Waals surface area contributed by atoms with Gasteiger partial charge < -0.3 is 43.0 Å². The molecule has 10 rings (SSSR count). The normalized spacial score (nSPS) is 27.1. The molecule has 7 heterocycles. The highest BCUT2D eigenvalue weighted by molar-refractivity contribution is 7.99. The molecular weight excluding hydrogens is 821 g/mol. The minimum Gasteiger partial charge on any atom is -0.504 e. The molecule has 1 spiro atoms. The minimum atomic E-state index is -1.41. The second-order valence-corrected chi connectivity index (χ2v) is 18.8. The van der Waals surface area contributed by atoms with E-state index in [0.29, 0.717) is 70.2 Å². The van der Waals surface area contributed by atoms with E-state index < -0.39 is 58.7 Å². The minimum absolute atomic E-state index is 0.0428. The molecule has 7 aliphatic heterocycles. The van der Waals surface area contributed by atoms with Crippen LogP contribution in [0.4, 0.5) is 4.79 Å². The third-order valence-corrected chi connectivity index (χ3v) is 14.5. The van der Waals surface area contributed by atoms with E-state index in [4.69, 9.17) is 37.9 Å². The summed E-state index contributed by atoms with van der Waals surface area (Å²) in [7, 11) is 4.95. The number of ether oxygens (including phenoxy) is 8. The molecule has 7 atom stereocenters. The lowest BCUT2D eigenvalue weighted by atomic mass is 9.71. The summed E-state index contributed by atoms with van der Waals surface area (Å²) in [6, 6.07) is 4.85. The fourth-order valence-electron chi connectivity index (χ4n) is 10.6. The zero-order chi connectivity index (χ0) is 44.2. The summed E-state index contributed by atoms with van der Waals surface area (Å²) in [6.45, 7) is 10.4. The summed E-state index contributed by atoms with van der Waals surface area (Å²) in [5, 5.41) is 25.0. The third kappa shape index (κ3) is 6.31. The van der Waals surface area contributed by atoms with Crippen molar-refractivity contribution in [1.29, 1.82) is 5.26 Å². The third-order valence-electron chi connectivity index (χ3n) is 13.0. The van der Waals surface area contributed by atoms with Crippen molar-refractivity contribution in [2.24, 2.45) is 0 Å². The van der Waals surface area contributed by atoms with Crippen molar-refractivity contribution >= 4 is 29.9 Å². The molecule has 0 radical (unpaired) electrons. The number of fused-ring (bicyclic) bond motifs is 9. The van der Waals surface area contributed by atoms with E-state index in [1.54, 1.807) is 32.9 Å². The standard InChI is InChI=1S/C45H50N4O12S/c1-20-12-24-13-26-27(16-46)49-28-17-56-42(52)45(25-15-30(54-8)29(51)14-23(25)10-11-47-45)18-62-41(33-32(28)39-38(57-19-58-39)21(2)37(33)59-22(3)50)35(49)34(48(26)7)31(24)40(36(20)55-9)60-43(53)61-44(4,5)6/h12,14-15,26-28,34-35,41,47,51H,10-11,13,17-19H2,1-9H3/t26-,27-,28-,34+,35?,41+,45+/m0/s1. The summed E-state index contributed by atoms with van der Waals surface area (Å²) in [6.07, 6.45) is 0.0495. The predicted octanol–water partition coefficient (Wildman–Crippen LogP) is 5.60. The van der Waals surface area contributed by atoms with E-state index >= 15 is 0 Å². The maximum atomic E-state index is 14.9. The van der Waals surface area contributed by atoms with E-state index in [2.05, 4.69) is 21.2 Å². The zero-order valence-corrected chi connectivity index (χ0v) is 36.9. The number of thioether (sulfide) groups is 1. The molecule has 2 fully saturated rings. The molecule has 2 N–H and O–H groups in total.